The third-order valence-electron chi connectivity index (χ3n) is 6.02. The third kappa shape index (κ3) is 9.82. The molecule has 0 saturated heterocycles. The molecule has 0 aliphatic rings. The number of ether oxygens (including phenoxy) is 1. The number of esters is 1. The van der Waals surface area contributed by atoms with Crippen LogP contribution in [0.25, 0.3) is 0 Å². The molecule has 0 aliphatic carbocycles. The van der Waals surface area contributed by atoms with Gasteiger partial charge in [-0.2, -0.15) is 13.2 Å². The molecule has 2 aromatic carbocycles. The molecular formula is C28H32ClF4N5O6. The molecule has 16 heteroatoms. The second-order valence-corrected chi connectivity index (χ2v) is 10.9. The lowest BCUT2D eigenvalue weighted by atomic mass is 9.85. The van der Waals surface area contributed by atoms with Crippen LogP contribution in [-0.4, -0.2) is 60.5 Å². The third-order valence-corrected chi connectivity index (χ3v) is 6.34. The molecule has 0 heterocycles. The van der Waals surface area contributed by atoms with E-state index in [1.165, 1.54) is 25.1 Å². The number of nitrogens with one attached hydrogen (secondary N) is 3. The maximum atomic E-state index is 13.6. The van der Waals surface area contributed by atoms with E-state index < -0.39 is 72.1 Å². The van der Waals surface area contributed by atoms with Gasteiger partial charge in [0.25, 0.3) is 17.7 Å². The monoisotopic (exact) mass is 645 g/mol. The number of nitrogen functional groups attached to an aromatic ring is 1. The Kier molecular flexibility index (Phi) is 12.1. The van der Waals surface area contributed by atoms with Crippen LogP contribution in [0.4, 0.5) is 23.2 Å². The summed E-state index contributed by atoms with van der Waals surface area (Å²) < 4.78 is 58.5. The van der Waals surface area contributed by atoms with Crippen molar-refractivity contribution in [3.63, 3.8) is 0 Å². The van der Waals surface area contributed by atoms with E-state index in [2.05, 4.69) is 10.6 Å². The molecular weight excluding hydrogens is 614 g/mol. The van der Waals surface area contributed by atoms with Gasteiger partial charge in [-0.15, -0.1) is 0 Å². The zero-order valence-corrected chi connectivity index (χ0v) is 24.9. The van der Waals surface area contributed by atoms with E-state index in [-0.39, 0.29) is 33.5 Å². The van der Waals surface area contributed by atoms with Crippen molar-refractivity contribution < 1.29 is 46.3 Å². The fourth-order valence-corrected chi connectivity index (χ4v) is 3.95. The molecule has 5 N–H and O–H groups in total. The maximum absolute atomic E-state index is 13.6. The number of rotatable bonds is 10. The van der Waals surface area contributed by atoms with Gasteiger partial charge in [0.15, 0.2) is 6.67 Å². The van der Waals surface area contributed by atoms with Gasteiger partial charge in [0.05, 0.1) is 22.9 Å². The van der Waals surface area contributed by atoms with Gasteiger partial charge in [0.1, 0.15) is 18.6 Å². The summed E-state index contributed by atoms with van der Waals surface area (Å²) in [5.74, 6) is -5.45. The van der Waals surface area contributed by atoms with Gasteiger partial charge < -0.3 is 21.1 Å². The predicted octanol–water partition coefficient (Wildman–Crippen LogP) is 3.34. The molecule has 0 radical (unpaired) electrons. The van der Waals surface area contributed by atoms with E-state index in [0.29, 0.717) is 6.07 Å². The lowest BCUT2D eigenvalue weighted by molar-refractivity contribution is -0.154. The summed E-state index contributed by atoms with van der Waals surface area (Å²) in [6.45, 7) is 3.51. The number of halogens is 5. The summed E-state index contributed by atoms with van der Waals surface area (Å²) in [5.41, 5.74) is 5.33. The number of alkyl halides is 4. The SMILES string of the molecule is CCOC(=O)CN(NC(=O)[C@H](NC(=O)[C@@H](NC(=O)c1ccc(N)c(Cl)c1)C(C)(C)C)c1cccc(C(F)(F)F)c1)C(=O)CF. The Morgan fingerprint density at radius 3 is 2.20 bits per heavy atom. The average molecular weight is 646 g/mol. The van der Waals surface area contributed by atoms with Crippen LogP contribution in [0, 0.1) is 5.41 Å². The van der Waals surface area contributed by atoms with Crippen molar-refractivity contribution in [2.45, 2.75) is 46.0 Å². The number of carbonyl (C=O) groups excluding carboxylic acids is 5. The standard InChI is InChI=1S/C28H32ClF4N5O6/c1-5-44-21(40)14-38(20(39)13-30)37-25(42)22(15-7-6-8-17(11-15)28(31,32)33)35-26(43)23(27(2,3)4)36-24(41)16-9-10-19(34)18(29)12-16/h6-12,22-23H,5,13-14,34H2,1-4H3,(H,35,43)(H,36,41)(H,37,42)/t22-,23-/m1/s1. The lowest BCUT2D eigenvalue weighted by Gasteiger charge is -2.32. The summed E-state index contributed by atoms with van der Waals surface area (Å²) in [6, 6.07) is 4.11. The quantitative estimate of drug-likeness (QED) is 0.133. The molecule has 11 nitrogen and oxygen atoms in total. The molecule has 240 valence electrons. The number of nitrogens with two attached hydrogens (primary N) is 1. The smallest absolute Gasteiger partial charge is 0.416 e. The Hall–Kier alpha value is -4.40. The number of carbonyl (C=O) groups is 5. The first-order valence-corrected chi connectivity index (χ1v) is 13.4. The number of benzene rings is 2. The Labute approximate surface area is 255 Å². The number of hydrogen-bond acceptors (Lipinski definition) is 7. The van der Waals surface area contributed by atoms with Crippen LogP contribution < -0.4 is 21.8 Å². The molecule has 2 rings (SSSR count). The minimum absolute atomic E-state index is 0.0396. The highest BCUT2D eigenvalue weighted by molar-refractivity contribution is 6.33. The van der Waals surface area contributed by atoms with Crippen molar-refractivity contribution in [1.82, 2.24) is 21.1 Å². The fraction of sp³-hybridized carbons (Fsp3) is 0.393. The molecule has 0 saturated carbocycles. The van der Waals surface area contributed by atoms with E-state index in [4.69, 9.17) is 22.1 Å². The number of hydrogen-bond donors (Lipinski definition) is 4. The van der Waals surface area contributed by atoms with E-state index in [0.717, 1.165) is 18.2 Å². The van der Waals surface area contributed by atoms with Gasteiger partial charge in [-0.05, 0) is 48.2 Å². The van der Waals surface area contributed by atoms with Crippen molar-refractivity contribution in [1.29, 1.82) is 0 Å². The molecule has 0 fully saturated rings. The highest BCUT2D eigenvalue weighted by Crippen LogP contribution is 2.31. The number of nitrogens with zero attached hydrogens (tertiary/aromatic N) is 1. The molecule has 0 aromatic heterocycles. The average Bonchev–Trinajstić information content (AvgIpc) is 2.94. The summed E-state index contributed by atoms with van der Waals surface area (Å²) in [5, 5.41) is 5.19. The second kappa shape index (κ2) is 14.9. The largest absolute Gasteiger partial charge is 0.465 e. The Morgan fingerprint density at radius 2 is 1.66 bits per heavy atom. The Balaban J connectivity index is 2.49. The molecule has 0 aliphatic heterocycles. The highest BCUT2D eigenvalue weighted by Gasteiger charge is 2.37. The van der Waals surface area contributed by atoms with Crippen molar-refractivity contribution in [2.24, 2.45) is 5.41 Å². The van der Waals surface area contributed by atoms with Gasteiger partial charge in [0, 0.05) is 5.56 Å². The van der Waals surface area contributed by atoms with Crippen molar-refractivity contribution >= 4 is 46.9 Å². The molecule has 0 bridgehead atoms. The normalized spacial score (nSPS) is 12.8. The number of amides is 4. The highest BCUT2D eigenvalue weighted by atomic mass is 35.5. The zero-order chi connectivity index (χ0) is 33.4. The predicted molar refractivity (Wildman–Crippen MR) is 151 cm³/mol. The van der Waals surface area contributed by atoms with Crippen LogP contribution in [0.5, 0.6) is 0 Å². The van der Waals surface area contributed by atoms with Crippen molar-refractivity contribution in [3.8, 4) is 0 Å². The minimum atomic E-state index is -4.83. The van der Waals surface area contributed by atoms with Crippen molar-refractivity contribution in [2.75, 3.05) is 25.6 Å². The molecule has 4 amide bonds. The molecule has 0 unspecified atom stereocenters. The van der Waals surface area contributed by atoms with Crippen LogP contribution in [0.1, 0.15) is 55.2 Å². The fourth-order valence-electron chi connectivity index (χ4n) is 3.77. The van der Waals surface area contributed by atoms with Crippen molar-refractivity contribution in [3.05, 3.63) is 64.2 Å². The van der Waals surface area contributed by atoms with Crippen LogP contribution >= 0.6 is 11.6 Å². The first-order chi connectivity index (χ1) is 20.4. The van der Waals surface area contributed by atoms with E-state index in [1.807, 2.05) is 5.43 Å². The number of anilines is 1. The summed E-state index contributed by atoms with van der Waals surface area (Å²) in [7, 11) is 0. The first-order valence-electron chi connectivity index (χ1n) is 13.0. The summed E-state index contributed by atoms with van der Waals surface area (Å²) >= 11 is 6.00. The van der Waals surface area contributed by atoms with Gasteiger partial charge >= 0.3 is 12.1 Å². The van der Waals surface area contributed by atoms with E-state index in [1.54, 1.807) is 20.8 Å². The van der Waals surface area contributed by atoms with Crippen LogP contribution in [0.2, 0.25) is 5.02 Å². The maximum Gasteiger partial charge on any atom is 0.416 e. The molecule has 44 heavy (non-hydrogen) atoms. The van der Waals surface area contributed by atoms with Gasteiger partial charge in [-0.1, -0.05) is 44.5 Å². The van der Waals surface area contributed by atoms with Gasteiger partial charge in [-0.3, -0.25) is 29.4 Å². The second-order valence-electron chi connectivity index (χ2n) is 10.5. The van der Waals surface area contributed by atoms with Crippen LogP contribution in [-0.2, 0) is 30.1 Å². The summed E-state index contributed by atoms with van der Waals surface area (Å²) in [4.78, 5) is 64.1. The van der Waals surface area contributed by atoms with Crippen LogP contribution in [0.3, 0.4) is 0 Å². The summed E-state index contributed by atoms with van der Waals surface area (Å²) in [6.07, 6.45) is -4.83. The van der Waals surface area contributed by atoms with E-state index >= 15 is 0 Å². The van der Waals surface area contributed by atoms with E-state index in [9.17, 15) is 41.5 Å². The Bertz CT molecular complexity index is 1400. The minimum Gasteiger partial charge on any atom is -0.465 e. The van der Waals surface area contributed by atoms with Gasteiger partial charge in [-0.25, -0.2) is 9.40 Å². The van der Waals surface area contributed by atoms with Gasteiger partial charge in [0.2, 0.25) is 5.91 Å². The lowest BCUT2D eigenvalue weighted by Crippen LogP contribution is -2.57. The Morgan fingerprint density at radius 1 is 1.00 bits per heavy atom. The topological polar surface area (TPSA) is 160 Å². The van der Waals surface area contributed by atoms with Crippen LogP contribution in [0.15, 0.2) is 42.5 Å². The molecule has 2 atom stereocenters. The zero-order valence-electron chi connectivity index (χ0n) is 24.2. The first kappa shape index (κ1) is 35.8. The molecule has 0 spiro atoms. The number of hydrazine groups is 1. The molecule has 2 aromatic rings.